The summed E-state index contributed by atoms with van der Waals surface area (Å²) in [6.07, 6.45) is 17.4. The average Bonchev–Trinajstić information content (AvgIpc) is 2.90. The van der Waals surface area contributed by atoms with Gasteiger partial charge in [-0.25, -0.2) is 0 Å². The van der Waals surface area contributed by atoms with E-state index in [9.17, 15) is 0 Å². The number of ether oxygens (including phenoxy) is 2. The first kappa shape index (κ1) is 24.8. The van der Waals surface area contributed by atoms with Crippen molar-refractivity contribution in [2.24, 2.45) is 35.5 Å². The van der Waals surface area contributed by atoms with Crippen molar-refractivity contribution >= 4 is 35.2 Å². The predicted molar refractivity (Wildman–Crippen MR) is 156 cm³/mol. The molecule has 2 aromatic rings. The Bertz CT molecular complexity index is 1070. The van der Waals surface area contributed by atoms with E-state index < -0.39 is 0 Å². The summed E-state index contributed by atoms with van der Waals surface area (Å²) in [5, 5.41) is 0. The molecule has 0 N–H and O–H groups in total. The van der Waals surface area contributed by atoms with Gasteiger partial charge in [-0.05, 0) is 0 Å². The standard InChI is InChI=1S/C34H42O2Se2/c1-35-31-5-3-27(13-29(31)33-15-21-7-22(16-33)9-23(8-21)17-33)37-38-28-4-6-32(36-2)30(14-28)34-18-24-10-25(19-34)12-26(11-24)20-34/h3-6,13-14,21-26H,7-12,15-20H2,1-2H3. The summed E-state index contributed by atoms with van der Waals surface area (Å²) < 4.78 is 15.2. The number of hydrogen-bond donors (Lipinski definition) is 0. The molecule has 8 fully saturated rings. The molecule has 2 nitrogen and oxygen atoms in total. The van der Waals surface area contributed by atoms with Gasteiger partial charge in [-0.15, -0.1) is 0 Å². The van der Waals surface area contributed by atoms with E-state index >= 15 is 0 Å². The van der Waals surface area contributed by atoms with Crippen LogP contribution in [0.4, 0.5) is 0 Å². The van der Waals surface area contributed by atoms with Gasteiger partial charge >= 0.3 is 241 Å². The van der Waals surface area contributed by atoms with Crippen LogP contribution in [0.2, 0.25) is 0 Å². The predicted octanol–water partition coefficient (Wildman–Crippen LogP) is 5.91. The van der Waals surface area contributed by atoms with Gasteiger partial charge in [-0.3, -0.25) is 0 Å². The summed E-state index contributed by atoms with van der Waals surface area (Å²) in [6, 6.07) is 14.6. The molecule has 0 spiro atoms. The summed E-state index contributed by atoms with van der Waals surface area (Å²) in [4.78, 5) is 0. The number of methoxy groups -OCH3 is 2. The second-order valence-corrected chi connectivity index (χ2v) is 20.6. The van der Waals surface area contributed by atoms with Gasteiger partial charge in [0.25, 0.3) is 0 Å². The van der Waals surface area contributed by atoms with Crippen molar-refractivity contribution in [2.45, 2.75) is 87.9 Å². The third-order valence-electron chi connectivity index (χ3n) is 11.8. The van der Waals surface area contributed by atoms with E-state index in [1.54, 1.807) is 20.1 Å². The monoisotopic (exact) mass is 642 g/mol. The molecule has 8 bridgehead atoms. The zero-order valence-corrected chi connectivity index (χ0v) is 26.5. The van der Waals surface area contributed by atoms with E-state index in [2.05, 4.69) is 36.4 Å². The van der Waals surface area contributed by atoms with Crippen LogP contribution < -0.4 is 18.4 Å². The average molecular weight is 641 g/mol. The fourth-order valence-corrected chi connectivity index (χ4v) is 17.3. The van der Waals surface area contributed by atoms with Crippen LogP contribution in [0.5, 0.6) is 11.5 Å². The Kier molecular flexibility index (Phi) is 6.08. The first-order chi connectivity index (χ1) is 18.5. The van der Waals surface area contributed by atoms with Crippen LogP contribution in [-0.4, -0.2) is 40.5 Å². The van der Waals surface area contributed by atoms with E-state index in [1.807, 2.05) is 14.2 Å². The molecule has 0 radical (unpaired) electrons. The van der Waals surface area contributed by atoms with Gasteiger partial charge in [0.2, 0.25) is 0 Å². The fraction of sp³-hybridized carbons (Fsp3) is 0.647. The van der Waals surface area contributed by atoms with Crippen LogP contribution in [0.25, 0.3) is 0 Å². The number of hydrogen-bond acceptors (Lipinski definition) is 2. The molecule has 8 aliphatic rings. The van der Waals surface area contributed by atoms with Crippen molar-refractivity contribution in [3.05, 3.63) is 47.5 Å². The Morgan fingerprint density at radius 3 is 1.13 bits per heavy atom. The van der Waals surface area contributed by atoms with Crippen molar-refractivity contribution in [3.8, 4) is 11.5 Å². The van der Waals surface area contributed by atoms with Crippen LogP contribution in [0, 0.1) is 35.5 Å². The molecule has 0 heterocycles. The third kappa shape index (κ3) is 4.07. The summed E-state index contributed by atoms with van der Waals surface area (Å²) in [7, 11) is 3.77. The molecular formula is C34H42O2Se2. The van der Waals surface area contributed by atoms with Crippen LogP contribution >= 0.6 is 0 Å². The number of benzene rings is 2. The van der Waals surface area contributed by atoms with E-state index in [4.69, 9.17) is 9.47 Å². The Labute approximate surface area is 240 Å². The Hall–Kier alpha value is -0.921. The maximum absolute atomic E-state index is 6.01. The molecule has 4 heteroatoms. The summed E-state index contributed by atoms with van der Waals surface area (Å²) >= 11 is 0.979. The van der Waals surface area contributed by atoms with Gasteiger partial charge in [0.1, 0.15) is 0 Å². The molecule has 0 amide bonds. The molecule has 8 saturated carbocycles. The van der Waals surface area contributed by atoms with Crippen LogP contribution in [0.3, 0.4) is 0 Å². The van der Waals surface area contributed by atoms with Gasteiger partial charge in [0, 0.05) is 0 Å². The fourth-order valence-electron chi connectivity index (χ4n) is 11.3. The van der Waals surface area contributed by atoms with E-state index in [-0.39, 0.29) is 0 Å². The second-order valence-electron chi connectivity index (χ2n) is 14.3. The molecule has 10 rings (SSSR count). The molecule has 0 aromatic heterocycles. The third-order valence-corrected chi connectivity index (χ3v) is 18.9. The first-order valence-corrected chi connectivity index (χ1v) is 21.3. The molecule has 38 heavy (non-hydrogen) atoms. The number of rotatable bonds is 7. The van der Waals surface area contributed by atoms with Gasteiger partial charge in [0.05, 0.1) is 0 Å². The first-order valence-electron chi connectivity index (χ1n) is 15.2. The molecule has 202 valence electrons. The van der Waals surface area contributed by atoms with Gasteiger partial charge in [-0.1, -0.05) is 0 Å². The quantitative estimate of drug-likeness (QED) is 0.351. The van der Waals surface area contributed by atoms with E-state index in [0.29, 0.717) is 37.1 Å². The summed E-state index contributed by atoms with van der Waals surface area (Å²) in [5.74, 6) is 8.11. The van der Waals surface area contributed by atoms with Crippen LogP contribution in [0.15, 0.2) is 36.4 Å². The molecular weight excluding hydrogens is 598 g/mol. The second kappa shape index (κ2) is 9.30. The van der Waals surface area contributed by atoms with Crippen LogP contribution in [-0.2, 0) is 10.8 Å². The topological polar surface area (TPSA) is 18.5 Å². The Morgan fingerprint density at radius 2 is 0.842 bits per heavy atom. The van der Waals surface area contributed by atoms with Crippen molar-refractivity contribution in [2.75, 3.05) is 14.2 Å². The van der Waals surface area contributed by atoms with Crippen molar-refractivity contribution in [1.82, 2.24) is 0 Å². The molecule has 2 aromatic carbocycles. The minimum absolute atomic E-state index is 0.394. The van der Waals surface area contributed by atoms with Crippen molar-refractivity contribution in [3.63, 3.8) is 0 Å². The molecule has 8 aliphatic carbocycles. The van der Waals surface area contributed by atoms with Crippen molar-refractivity contribution in [1.29, 1.82) is 0 Å². The molecule has 0 saturated heterocycles. The van der Waals surface area contributed by atoms with Gasteiger partial charge in [-0.2, -0.15) is 0 Å². The summed E-state index contributed by atoms with van der Waals surface area (Å²) in [5.41, 5.74) is 3.92. The minimum atomic E-state index is 0.394. The normalized spacial score (nSPS) is 40.1. The Balaban J connectivity index is 1.06. The zero-order valence-electron chi connectivity index (χ0n) is 23.0. The molecule has 0 atom stereocenters. The van der Waals surface area contributed by atoms with E-state index in [0.717, 1.165) is 47.0 Å². The molecule has 0 aliphatic heterocycles. The maximum atomic E-state index is 6.01. The zero-order chi connectivity index (χ0) is 25.5. The van der Waals surface area contributed by atoms with Gasteiger partial charge < -0.3 is 0 Å². The van der Waals surface area contributed by atoms with Crippen molar-refractivity contribution < 1.29 is 9.47 Å². The molecule has 0 unspecified atom stereocenters. The SMILES string of the molecule is COc1ccc([Se][Se]c2ccc(OC)c(C34CC5CC(CC(C5)C3)C4)c2)cc1C12CC3CC(CC(C3)C1)C2. The Morgan fingerprint density at radius 1 is 0.526 bits per heavy atom. The van der Waals surface area contributed by atoms with Gasteiger partial charge in [0.15, 0.2) is 0 Å². The summed E-state index contributed by atoms with van der Waals surface area (Å²) in [6.45, 7) is 0. The van der Waals surface area contributed by atoms with E-state index in [1.165, 1.54) is 77.0 Å². The van der Waals surface area contributed by atoms with Crippen LogP contribution in [0.1, 0.15) is 88.2 Å².